The molecular weight excluding hydrogens is 306 g/mol. The zero-order chi connectivity index (χ0) is 17.0. The lowest BCUT2D eigenvalue weighted by Crippen LogP contribution is -2.33. The number of hydrogen-bond acceptors (Lipinski definition) is 5. The van der Waals surface area contributed by atoms with Crippen LogP contribution in [0, 0.1) is 0 Å². The van der Waals surface area contributed by atoms with Gasteiger partial charge in [0, 0.05) is 13.6 Å². The molecule has 0 fully saturated rings. The predicted octanol–water partition coefficient (Wildman–Crippen LogP) is 2.53. The molecule has 1 aromatic carbocycles. The highest BCUT2D eigenvalue weighted by atomic mass is 32.2. The van der Waals surface area contributed by atoms with Gasteiger partial charge in [0.25, 0.3) is 10.1 Å². The number of amides is 1. The van der Waals surface area contributed by atoms with Gasteiger partial charge in [0.05, 0.1) is 12.9 Å². The van der Waals surface area contributed by atoms with Gasteiger partial charge in [-0.05, 0) is 31.9 Å². The van der Waals surface area contributed by atoms with E-state index in [4.69, 9.17) is 8.92 Å². The van der Waals surface area contributed by atoms with E-state index in [1.807, 2.05) is 32.9 Å². The van der Waals surface area contributed by atoms with Crippen LogP contribution in [0.5, 0.6) is 0 Å². The van der Waals surface area contributed by atoms with Crippen LogP contribution in [-0.2, 0) is 32.2 Å². The average Bonchev–Trinajstić information content (AvgIpc) is 2.35. The number of carbonyl (C=O) groups excluding carboxylic acids is 1. The normalized spacial score (nSPS) is 12.0. The molecule has 1 aromatic rings. The van der Waals surface area contributed by atoms with Crippen LogP contribution in [0.1, 0.15) is 31.9 Å². The summed E-state index contributed by atoms with van der Waals surface area (Å²) >= 11 is 0. The Labute approximate surface area is 132 Å². The van der Waals surface area contributed by atoms with Crippen LogP contribution in [-0.4, -0.2) is 38.3 Å². The molecule has 1 rings (SSSR count). The molecule has 0 aliphatic heterocycles. The van der Waals surface area contributed by atoms with Crippen LogP contribution in [0.25, 0.3) is 0 Å². The van der Waals surface area contributed by atoms with Crippen LogP contribution < -0.4 is 0 Å². The van der Waals surface area contributed by atoms with Crippen LogP contribution in [0.2, 0.25) is 0 Å². The third-order valence-electron chi connectivity index (χ3n) is 2.59. The molecule has 124 valence electrons. The van der Waals surface area contributed by atoms with E-state index in [2.05, 4.69) is 0 Å². The number of carbonyl (C=O) groups is 1. The monoisotopic (exact) mass is 329 g/mol. The number of ether oxygens (including phenoxy) is 1. The van der Waals surface area contributed by atoms with Crippen molar-refractivity contribution < 1.29 is 22.1 Å². The van der Waals surface area contributed by atoms with Crippen LogP contribution in [0.4, 0.5) is 4.79 Å². The van der Waals surface area contributed by atoms with Crippen LogP contribution in [0.3, 0.4) is 0 Å². The second kappa shape index (κ2) is 7.11. The number of nitrogens with zero attached hydrogens (tertiary/aromatic N) is 1. The summed E-state index contributed by atoms with van der Waals surface area (Å²) < 4.78 is 31.8. The molecule has 0 saturated heterocycles. The molecule has 0 atom stereocenters. The molecule has 0 aliphatic rings. The van der Waals surface area contributed by atoms with Crippen molar-refractivity contribution in [3.05, 3.63) is 35.4 Å². The van der Waals surface area contributed by atoms with Crippen molar-refractivity contribution in [2.45, 2.75) is 39.5 Å². The third kappa shape index (κ3) is 7.42. The summed E-state index contributed by atoms with van der Waals surface area (Å²) in [5, 5.41) is 0. The molecule has 0 saturated carbocycles. The maximum atomic E-state index is 11.9. The SMILES string of the molecule is CN(Cc1ccc(COS(C)(=O)=O)cc1)C(=O)OC(C)(C)C. The standard InChI is InChI=1S/C15H23NO5S/c1-15(2,3)21-14(17)16(4)10-12-6-8-13(9-7-12)11-20-22(5,18)19/h6-9H,10-11H2,1-5H3. The van der Waals surface area contributed by atoms with E-state index < -0.39 is 21.8 Å². The van der Waals surface area contributed by atoms with Gasteiger partial charge in [-0.25, -0.2) is 4.79 Å². The fourth-order valence-corrected chi connectivity index (χ4v) is 1.94. The van der Waals surface area contributed by atoms with Gasteiger partial charge in [-0.3, -0.25) is 4.18 Å². The zero-order valence-electron chi connectivity index (χ0n) is 13.6. The molecule has 0 bridgehead atoms. The first-order chi connectivity index (χ1) is 9.96. The first-order valence-corrected chi connectivity index (χ1v) is 8.64. The lowest BCUT2D eigenvalue weighted by atomic mass is 10.1. The maximum Gasteiger partial charge on any atom is 0.410 e. The highest BCUT2D eigenvalue weighted by Gasteiger charge is 2.19. The van der Waals surface area contributed by atoms with Gasteiger partial charge in [0.15, 0.2) is 0 Å². The summed E-state index contributed by atoms with van der Waals surface area (Å²) in [4.78, 5) is 13.3. The predicted molar refractivity (Wildman–Crippen MR) is 83.8 cm³/mol. The van der Waals surface area contributed by atoms with Crippen molar-refractivity contribution in [2.24, 2.45) is 0 Å². The van der Waals surface area contributed by atoms with Crippen molar-refractivity contribution in [1.29, 1.82) is 0 Å². The van der Waals surface area contributed by atoms with E-state index in [1.165, 1.54) is 4.90 Å². The molecule has 7 heteroatoms. The molecule has 0 radical (unpaired) electrons. The van der Waals surface area contributed by atoms with Gasteiger partial charge in [-0.1, -0.05) is 24.3 Å². The molecule has 0 aliphatic carbocycles. The summed E-state index contributed by atoms with van der Waals surface area (Å²) in [7, 11) is -1.79. The Hall–Kier alpha value is -1.60. The fraction of sp³-hybridized carbons (Fsp3) is 0.533. The third-order valence-corrected chi connectivity index (χ3v) is 3.13. The van der Waals surface area contributed by atoms with E-state index >= 15 is 0 Å². The number of hydrogen-bond donors (Lipinski definition) is 0. The van der Waals surface area contributed by atoms with E-state index in [1.54, 1.807) is 19.2 Å². The molecule has 6 nitrogen and oxygen atoms in total. The molecule has 0 unspecified atom stereocenters. The number of rotatable bonds is 5. The summed E-state index contributed by atoms with van der Waals surface area (Å²) in [6.45, 7) is 5.85. The lowest BCUT2D eigenvalue weighted by molar-refractivity contribution is 0.0285. The molecule has 1 amide bonds. The van der Waals surface area contributed by atoms with Gasteiger partial charge in [-0.15, -0.1) is 0 Å². The minimum atomic E-state index is -3.45. The van der Waals surface area contributed by atoms with Crippen molar-refractivity contribution in [3.8, 4) is 0 Å². The lowest BCUT2D eigenvalue weighted by Gasteiger charge is -2.24. The van der Waals surface area contributed by atoms with E-state index in [0.717, 1.165) is 17.4 Å². The number of benzene rings is 1. The molecule has 22 heavy (non-hydrogen) atoms. The van der Waals surface area contributed by atoms with Crippen LogP contribution >= 0.6 is 0 Å². The van der Waals surface area contributed by atoms with Gasteiger partial charge < -0.3 is 9.64 Å². The minimum absolute atomic E-state index is 0.00101. The largest absolute Gasteiger partial charge is 0.444 e. The Morgan fingerprint density at radius 2 is 1.64 bits per heavy atom. The maximum absolute atomic E-state index is 11.9. The topological polar surface area (TPSA) is 72.9 Å². The second-order valence-electron chi connectivity index (χ2n) is 6.12. The van der Waals surface area contributed by atoms with E-state index in [-0.39, 0.29) is 6.61 Å². The molecule has 0 N–H and O–H groups in total. The molecule has 0 spiro atoms. The first kappa shape index (κ1) is 18.4. The summed E-state index contributed by atoms with van der Waals surface area (Å²) in [5.74, 6) is 0. The Kier molecular flexibility index (Phi) is 5.96. The second-order valence-corrected chi connectivity index (χ2v) is 7.76. The quantitative estimate of drug-likeness (QED) is 0.776. The molecular formula is C15H23NO5S. The Bertz CT molecular complexity index is 602. The fourth-order valence-electron chi connectivity index (χ4n) is 1.59. The smallest absolute Gasteiger partial charge is 0.410 e. The Morgan fingerprint density at radius 1 is 1.14 bits per heavy atom. The van der Waals surface area contributed by atoms with Crippen molar-refractivity contribution in [3.63, 3.8) is 0 Å². The first-order valence-electron chi connectivity index (χ1n) is 6.82. The summed E-state index contributed by atoms with van der Waals surface area (Å²) in [6, 6.07) is 7.18. The van der Waals surface area contributed by atoms with Gasteiger partial charge >= 0.3 is 6.09 Å². The molecule has 0 aromatic heterocycles. The van der Waals surface area contributed by atoms with E-state index in [9.17, 15) is 13.2 Å². The molecule has 0 heterocycles. The van der Waals surface area contributed by atoms with Crippen LogP contribution in [0.15, 0.2) is 24.3 Å². The van der Waals surface area contributed by atoms with Gasteiger partial charge in [-0.2, -0.15) is 8.42 Å². The van der Waals surface area contributed by atoms with Crippen molar-refractivity contribution in [2.75, 3.05) is 13.3 Å². The average molecular weight is 329 g/mol. The van der Waals surface area contributed by atoms with Crippen molar-refractivity contribution >= 4 is 16.2 Å². The van der Waals surface area contributed by atoms with Gasteiger partial charge in [0.1, 0.15) is 5.60 Å². The Balaban J connectivity index is 2.58. The van der Waals surface area contributed by atoms with Crippen molar-refractivity contribution in [1.82, 2.24) is 4.90 Å². The minimum Gasteiger partial charge on any atom is -0.444 e. The van der Waals surface area contributed by atoms with E-state index in [0.29, 0.717) is 6.54 Å². The highest BCUT2D eigenvalue weighted by Crippen LogP contribution is 2.12. The summed E-state index contributed by atoms with van der Waals surface area (Å²) in [5.41, 5.74) is 1.13. The zero-order valence-corrected chi connectivity index (χ0v) is 14.4. The summed E-state index contributed by atoms with van der Waals surface area (Å²) in [6.07, 6.45) is 0.619. The Morgan fingerprint density at radius 3 is 2.09 bits per heavy atom. The van der Waals surface area contributed by atoms with Gasteiger partial charge in [0.2, 0.25) is 0 Å². The highest BCUT2D eigenvalue weighted by molar-refractivity contribution is 7.85.